The lowest BCUT2D eigenvalue weighted by Gasteiger charge is -2.35. The standard InChI is InChI=1S/C15H28N2O3/c1-11-4-6-17(8-12(11)2)15(18)16-13(3)9-20-14-5-7-19-10-14/h11-14H,4-10H2,1-3H3,(H,16,18)/t11-,12+,13+,14+/m0/s1. The van der Waals surface area contributed by atoms with Gasteiger partial charge in [-0.1, -0.05) is 13.8 Å². The number of amides is 2. The van der Waals surface area contributed by atoms with Crippen LogP contribution in [0.1, 0.15) is 33.6 Å². The highest BCUT2D eigenvalue weighted by molar-refractivity contribution is 5.74. The molecule has 0 aliphatic carbocycles. The number of piperidine rings is 1. The van der Waals surface area contributed by atoms with E-state index in [4.69, 9.17) is 9.47 Å². The number of rotatable bonds is 4. The molecule has 116 valence electrons. The normalized spacial score (nSPS) is 32.1. The Labute approximate surface area is 122 Å². The van der Waals surface area contributed by atoms with E-state index in [9.17, 15) is 4.79 Å². The smallest absolute Gasteiger partial charge is 0.317 e. The van der Waals surface area contributed by atoms with E-state index in [-0.39, 0.29) is 18.2 Å². The summed E-state index contributed by atoms with van der Waals surface area (Å²) in [6, 6.07) is 0.0836. The SMILES string of the molecule is C[C@H](CO[C@@H]1CCOC1)NC(=O)N1CC[C@H](C)[C@H](C)C1. The highest BCUT2D eigenvalue weighted by Crippen LogP contribution is 2.22. The summed E-state index contributed by atoms with van der Waals surface area (Å²) >= 11 is 0. The van der Waals surface area contributed by atoms with Gasteiger partial charge < -0.3 is 19.7 Å². The topological polar surface area (TPSA) is 50.8 Å². The Hall–Kier alpha value is -0.810. The Morgan fingerprint density at radius 2 is 2.20 bits per heavy atom. The summed E-state index contributed by atoms with van der Waals surface area (Å²) < 4.78 is 11.0. The van der Waals surface area contributed by atoms with Gasteiger partial charge in [0.15, 0.2) is 0 Å². The van der Waals surface area contributed by atoms with E-state index in [1.165, 1.54) is 0 Å². The van der Waals surface area contributed by atoms with Crippen molar-refractivity contribution in [2.45, 2.75) is 45.8 Å². The molecule has 0 radical (unpaired) electrons. The molecule has 4 atom stereocenters. The number of hydrogen-bond acceptors (Lipinski definition) is 3. The summed E-state index contributed by atoms with van der Waals surface area (Å²) in [6.07, 6.45) is 2.26. The third kappa shape index (κ3) is 4.35. The molecule has 2 aliphatic heterocycles. The molecular formula is C15H28N2O3. The van der Waals surface area contributed by atoms with Gasteiger partial charge in [-0.05, 0) is 31.6 Å². The van der Waals surface area contributed by atoms with Gasteiger partial charge in [0.1, 0.15) is 0 Å². The van der Waals surface area contributed by atoms with Gasteiger partial charge in [0.2, 0.25) is 0 Å². The Bertz CT molecular complexity index is 318. The van der Waals surface area contributed by atoms with Gasteiger partial charge in [0.05, 0.1) is 25.4 Å². The van der Waals surface area contributed by atoms with Crippen molar-refractivity contribution in [1.82, 2.24) is 10.2 Å². The van der Waals surface area contributed by atoms with Crippen molar-refractivity contribution < 1.29 is 14.3 Å². The highest BCUT2D eigenvalue weighted by Gasteiger charge is 2.26. The predicted octanol–water partition coefficient (Wildman–Crippen LogP) is 1.87. The number of hydrogen-bond donors (Lipinski definition) is 1. The van der Waals surface area contributed by atoms with Crippen molar-refractivity contribution in [2.24, 2.45) is 11.8 Å². The zero-order valence-corrected chi connectivity index (χ0v) is 12.9. The van der Waals surface area contributed by atoms with Gasteiger partial charge in [-0.15, -0.1) is 0 Å². The van der Waals surface area contributed by atoms with Crippen LogP contribution in [0.15, 0.2) is 0 Å². The van der Waals surface area contributed by atoms with Crippen molar-refractivity contribution in [3.63, 3.8) is 0 Å². The van der Waals surface area contributed by atoms with Gasteiger partial charge in [-0.25, -0.2) is 4.79 Å². The first-order chi connectivity index (χ1) is 9.56. The number of likely N-dealkylation sites (tertiary alicyclic amines) is 1. The van der Waals surface area contributed by atoms with Gasteiger partial charge in [0.25, 0.3) is 0 Å². The molecule has 2 aliphatic rings. The number of nitrogens with one attached hydrogen (secondary N) is 1. The van der Waals surface area contributed by atoms with Gasteiger partial charge in [0, 0.05) is 19.7 Å². The number of urea groups is 1. The molecule has 0 unspecified atom stereocenters. The number of nitrogens with zero attached hydrogens (tertiary/aromatic N) is 1. The summed E-state index contributed by atoms with van der Waals surface area (Å²) in [5.41, 5.74) is 0. The second-order valence-corrected chi connectivity index (χ2v) is 6.36. The van der Waals surface area contributed by atoms with Crippen molar-refractivity contribution in [1.29, 1.82) is 0 Å². The molecule has 0 aromatic rings. The van der Waals surface area contributed by atoms with Crippen LogP contribution in [0.5, 0.6) is 0 Å². The van der Waals surface area contributed by atoms with Crippen molar-refractivity contribution in [2.75, 3.05) is 32.9 Å². The fraction of sp³-hybridized carbons (Fsp3) is 0.933. The Morgan fingerprint density at radius 1 is 1.40 bits per heavy atom. The van der Waals surface area contributed by atoms with Crippen LogP contribution in [-0.4, -0.2) is 56.0 Å². The maximum absolute atomic E-state index is 12.2. The van der Waals surface area contributed by atoms with E-state index in [0.717, 1.165) is 32.5 Å². The fourth-order valence-corrected chi connectivity index (χ4v) is 2.72. The lowest BCUT2D eigenvalue weighted by atomic mass is 9.89. The summed E-state index contributed by atoms with van der Waals surface area (Å²) in [4.78, 5) is 14.1. The van der Waals surface area contributed by atoms with Crippen molar-refractivity contribution >= 4 is 6.03 Å². The van der Waals surface area contributed by atoms with Crippen LogP contribution in [0.4, 0.5) is 4.79 Å². The van der Waals surface area contributed by atoms with Crippen molar-refractivity contribution in [3.05, 3.63) is 0 Å². The zero-order chi connectivity index (χ0) is 14.5. The molecule has 20 heavy (non-hydrogen) atoms. The third-order valence-electron chi connectivity index (χ3n) is 4.46. The number of ether oxygens (including phenoxy) is 2. The van der Waals surface area contributed by atoms with Crippen LogP contribution in [-0.2, 0) is 9.47 Å². The molecule has 0 spiro atoms. The van der Waals surface area contributed by atoms with E-state index >= 15 is 0 Å². The number of carbonyl (C=O) groups is 1. The molecule has 0 aromatic carbocycles. The summed E-state index contributed by atoms with van der Waals surface area (Å²) in [5, 5.41) is 3.03. The second kappa shape index (κ2) is 7.27. The average molecular weight is 284 g/mol. The lowest BCUT2D eigenvalue weighted by Crippen LogP contribution is -2.50. The maximum Gasteiger partial charge on any atom is 0.317 e. The second-order valence-electron chi connectivity index (χ2n) is 6.36. The zero-order valence-electron chi connectivity index (χ0n) is 12.9. The van der Waals surface area contributed by atoms with Crippen molar-refractivity contribution in [3.8, 4) is 0 Å². The largest absolute Gasteiger partial charge is 0.379 e. The highest BCUT2D eigenvalue weighted by atomic mass is 16.5. The Kier molecular flexibility index (Phi) is 5.66. The van der Waals surface area contributed by atoms with E-state index in [1.807, 2.05) is 11.8 Å². The van der Waals surface area contributed by atoms with E-state index < -0.39 is 0 Å². The maximum atomic E-state index is 12.2. The first-order valence-electron chi connectivity index (χ1n) is 7.81. The number of carbonyl (C=O) groups excluding carboxylic acids is 1. The van der Waals surface area contributed by atoms with Gasteiger partial charge >= 0.3 is 6.03 Å². The Balaban J connectivity index is 1.67. The molecule has 2 saturated heterocycles. The first kappa shape index (κ1) is 15.6. The van der Waals surface area contributed by atoms with Crippen LogP contribution in [0.2, 0.25) is 0 Å². The molecule has 2 amide bonds. The predicted molar refractivity (Wildman–Crippen MR) is 77.7 cm³/mol. The van der Waals surface area contributed by atoms with Crippen LogP contribution in [0.25, 0.3) is 0 Å². The molecule has 5 nitrogen and oxygen atoms in total. The molecule has 0 saturated carbocycles. The third-order valence-corrected chi connectivity index (χ3v) is 4.46. The molecule has 0 bridgehead atoms. The van der Waals surface area contributed by atoms with E-state index in [1.54, 1.807) is 0 Å². The Morgan fingerprint density at radius 3 is 2.85 bits per heavy atom. The summed E-state index contributed by atoms with van der Waals surface area (Å²) in [5.74, 6) is 1.29. The van der Waals surface area contributed by atoms with Crippen LogP contribution in [0, 0.1) is 11.8 Å². The van der Waals surface area contributed by atoms with Crippen LogP contribution < -0.4 is 5.32 Å². The van der Waals surface area contributed by atoms with Gasteiger partial charge in [-0.3, -0.25) is 0 Å². The lowest BCUT2D eigenvalue weighted by molar-refractivity contribution is 0.0325. The first-order valence-corrected chi connectivity index (χ1v) is 7.81. The average Bonchev–Trinajstić information content (AvgIpc) is 2.92. The minimum absolute atomic E-state index is 0.0396. The summed E-state index contributed by atoms with van der Waals surface area (Å²) in [7, 11) is 0. The van der Waals surface area contributed by atoms with E-state index in [0.29, 0.717) is 25.0 Å². The fourth-order valence-electron chi connectivity index (χ4n) is 2.72. The summed E-state index contributed by atoms with van der Waals surface area (Å²) in [6.45, 7) is 10.2. The molecule has 5 heteroatoms. The van der Waals surface area contributed by atoms with Crippen LogP contribution in [0.3, 0.4) is 0 Å². The van der Waals surface area contributed by atoms with Crippen LogP contribution >= 0.6 is 0 Å². The molecule has 2 heterocycles. The van der Waals surface area contributed by atoms with Gasteiger partial charge in [-0.2, -0.15) is 0 Å². The minimum Gasteiger partial charge on any atom is -0.379 e. The molecule has 0 aromatic heterocycles. The van der Waals surface area contributed by atoms with E-state index in [2.05, 4.69) is 19.2 Å². The molecular weight excluding hydrogens is 256 g/mol. The quantitative estimate of drug-likeness (QED) is 0.857. The minimum atomic E-state index is 0.0396. The molecule has 1 N–H and O–H groups in total. The monoisotopic (exact) mass is 284 g/mol. The molecule has 2 fully saturated rings. The molecule has 2 rings (SSSR count).